The molecule has 0 saturated carbocycles. The second kappa shape index (κ2) is 2.53. The van der Waals surface area contributed by atoms with E-state index in [4.69, 9.17) is 11.6 Å². The van der Waals surface area contributed by atoms with E-state index in [-0.39, 0.29) is 5.82 Å². The Bertz CT molecular complexity index is 438. The van der Waals surface area contributed by atoms with Crippen molar-refractivity contribution in [3.8, 4) is 0 Å². The Kier molecular flexibility index (Phi) is 1.51. The van der Waals surface area contributed by atoms with E-state index >= 15 is 0 Å². The summed E-state index contributed by atoms with van der Waals surface area (Å²) < 4.78 is 1.43. The maximum Gasteiger partial charge on any atom is 0.255 e. The second-order valence-corrected chi connectivity index (χ2v) is 2.55. The van der Waals surface area contributed by atoms with Crippen LogP contribution in [0.1, 0.15) is 10.6 Å². The molecule has 0 amide bonds. The van der Waals surface area contributed by atoms with Gasteiger partial charge in [-0.05, 0) is 0 Å². The van der Waals surface area contributed by atoms with Crippen LogP contribution in [0.4, 0.5) is 0 Å². The molecule has 2 heterocycles. The second-order valence-electron chi connectivity index (χ2n) is 2.12. The summed E-state index contributed by atoms with van der Waals surface area (Å²) >= 11 is 5.65. The first-order chi connectivity index (χ1) is 5.81. The number of fused-ring (bicyclic) bond motifs is 1. The van der Waals surface area contributed by atoms with Crippen LogP contribution in [0, 0.1) is 0 Å². The summed E-state index contributed by atoms with van der Waals surface area (Å²) in [5.41, 5.74) is 0. The highest BCUT2D eigenvalue weighted by molar-refractivity contribution is 6.30. The Morgan fingerprint density at radius 3 is 3.08 bits per heavy atom. The van der Waals surface area contributed by atoms with Crippen molar-refractivity contribution in [3.05, 3.63) is 23.2 Å². The van der Waals surface area contributed by atoms with Crippen molar-refractivity contribution in [2.24, 2.45) is 0 Å². The molecule has 60 valence electrons. The molecule has 12 heavy (non-hydrogen) atoms. The summed E-state index contributed by atoms with van der Waals surface area (Å²) in [6.45, 7) is 0. The molecule has 0 atom stereocenters. The fraction of sp³-hybridized carbons (Fsp3) is 0. The zero-order chi connectivity index (χ0) is 8.55. The summed E-state index contributed by atoms with van der Waals surface area (Å²) in [6.07, 6.45) is 3.58. The quantitative estimate of drug-likeness (QED) is 0.606. The molecule has 0 aromatic carbocycles. The molecule has 0 spiro atoms. The summed E-state index contributed by atoms with van der Waals surface area (Å²) in [7, 11) is 0. The molecule has 0 radical (unpaired) electrons. The first-order valence-corrected chi connectivity index (χ1v) is 3.50. The molecule has 5 nitrogen and oxygen atoms in total. The molecule has 0 unspecified atom stereocenters. The van der Waals surface area contributed by atoms with Crippen molar-refractivity contribution >= 4 is 23.7 Å². The average Bonchev–Trinajstić information content (AvgIpc) is 2.46. The number of hydrogen-bond acceptors (Lipinski definition) is 4. The van der Waals surface area contributed by atoms with Crippen molar-refractivity contribution in [1.29, 1.82) is 0 Å². The highest BCUT2D eigenvalue weighted by Gasteiger charge is 2.03. The topological polar surface area (TPSA) is 60.2 Å². The van der Waals surface area contributed by atoms with E-state index in [2.05, 4.69) is 15.2 Å². The van der Waals surface area contributed by atoms with E-state index < -0.39 is 0 Å². The number of hydrogen-bond donors (Lipinski definition) is 0. The van der Waals surface area contributed by atoms with Crippen molar-refractivity contribution in [1.82, 2.24) is 19.6 Å². The van der Waals surface area contributed by atoms with E-state index in [1.807, 2.05) is 0 Å². The first kappa shape index (κ1) is 7.17. The first-order valence-electron chi connectivity index (χ1n) is 3.13. The number of nitrogens with zero attached hydrogens (tertiary/aromatic N) is 4. The maximum atomic E-state index is 10.4. The highest BCUT2D eigenvalue weighted by Crippen LogP contribution is 2.07. The Labute approximate surface area is 72.0 Å². The summed E-state index contributed by atoms with van der Waals surface area (Å²) in [5.74, 6) is 0.557. The zero-order valence-electron chi connectivity index (χ0n) is 5.81. The Balaban J connectivity index is 2.83. The molecule has 2 aromatic rings. The van der Waals surface area contributed by atoms with Gasteiger partial charge in [0, 0.05) is 6.20 Å². The molecule has 0 aliphatic heterocycles. The fourth-order valence-corrected chi connectivity index (χ4v) is 1.01. The molecule has 0 saturated heterocycles. The van der Waals surface area contributed by atoms with Crippen molar-refractivity contribution in [2.45, 2.75) is 0 Å². The Morgan fingerprint density at radius 1 is 1.50 bits per heavy atom. The van der Waals surface area contributed by atoms with Crippen LogP contribution in [0.3, 0.4) is 0 Å². The van der Waals surface area contributed by atoms with Crippen LogP contribution in [0.5, 0.6) is 0 Å². The number of carbonyl (C=O) groups excluding carboxylic acids is 1. The van der Waals surface area contributed by atoms with Crippen molar-refractivity contribution < 1.29 is 4.79 Å². The molecule has 0 bridgehead atoms. The monoisotopic (exact) mass is 182 g/mol. The third-order valence-electron chi connectivity index (χ3n) is 1.37. The normalized spacial score (nSPS) is 10.4. The Morgan fingerprint density at radius 2 is 2.33 bits per heavy atom. The maximum absolute atomic E-state index is 10.4. The number of aldehydes is 1. The minimum absolute atomic E-state index is 0.194. The van der Waals surface area contributed by atoms with Crippen LogP contribution in [0.15, 0.2) is 12.4 Å². The average molecular weight is 183 g/mol. The van der Waals surface area contributed by atoms with Gasteiger partial charge in [0.1, 0.15) is 0 Å². The Hall–Kier alpha value is -1.49. The molecule has 0 aliphatic rings. The predicted octanol–water partition coefficient (Wildman–Crippen LogP) is 0.590. The molecule has 6 heteroatoms. The van der Waals surface area contributed by atoms with Gasteiger partial charge in [-0.25, -0.2) is 4.98 Å². The van der Waals surface area contributed by atoms with Crippen LogP contribution in [-0.2, 0) is 0 Å². The van der Waals surface area contributed by atoms with Gasteiger partial charge in [-0.2, -0.15) is 0 Å². The molecular weight excluding hydrogens is 180 g/mol. The van der Waals surface area contributed by atoms with Crippen LogP contribution in [-0.4, -0.2) is 25.9 Å². The number of aromatic nitrogens is 4. The lowest BCUT2D eigenvalue weighted by molar-refractivity contribution is 0.111. The third kappa shape index (κ3) is 0.947. The number of halogens is 1. The molecule has 2 rings (SSSR count). The van der Waals surface area contributed by atoms with E-state index in [9.17, 15) is 4.79 Å². The summed E-state index contributed by atoms with van der Waals surface area (Å²) in [6, 6.07) is 0. The van der Waals surface area contributed by atoms with Gasteiger partial charge in [-0.3, -0.25) is 9.20 Å². The van der Waals surface area contributed by atoms with Crippen LogP contribution >= 0.6 is 11.6 Å². The van der Waals surface area contributed by atoms with Gasteiger partial charge >= 0.3 is 0 Å². The number of rotatable bonds is 1. The van der Waals surface area contributed by atoms with E-state index in [1.54, 1.807) is 0 Å². The van der Waals surface area contributed by atoms with E-state index in [1.165, 1.54) is 16.8 Å². The number of carbonyl (C=O) groups is 1. The SMILES string of the molecule is O=Cc1nnc2ncc(Cl)cn12. The van der Waals surface area contributed by atoms with Crippen LogP contribution in [0.25, 0.3) is 5.78 Å². The minimum Gasteiger partial charge on any atom is -0.294 e. The minimum atomic E-state index is 0.194. The summed E-state index contributed by atoms with van der Waals surface area (Å²) in [5, 5.41) is 7.66. The lowest BCUT2D eigenvalue weighted by Gasteiger charge is -1.91. The smallest absolute Gasteiger partial charge is 0.255 e. The van der Waals surface area contributed by atoms with Gasteiger partial charge in [0.15, 0.2) is 6.29 Å². The lowest BCUT2D eigenvalue weighted by atomic mass is 10.6. The standard InChI is InChI=1S/C6H3ClN4O/c7-4-1-8-6-10-9-5(3-12)11(6)2-4/h1-3H. The van der Waals surface area contributed by atoms with Crippen LogP contribution < -0.4 is 0 Å². The van der Waals surface area contributed by atoms with Crippen LogP contribution in [0.2, 0.25) is 5.02 Å². The molecule has 0 N–H and O–H groups in total. The zero-order valence-corrected chi connectivity index (χ0v) is 6.56. The van der Waals surface area contributed by atoms with Crippen molar-refractivity contribution in [2.75, 3.05) is 0 Å². The third-order valence-corrected chi connectivity index (χ3v) is 1.56. The molecular formula is C6H3ClN4O. The highest BCUT2D eigenvalue weighted by atomic mass is 35.5. The molecule has 0 aliphatic carbocycles. The van der Waals surface area contributed by atoms with E-state index in [0.717, 1.165) is 0 Å². The van der Waals surface area contributed by atoms with Crippen molar-refractivity contribution in [3.63, 3.8) is 0 Å². The summed E-state index contributed by atoms with van der Waals surface area (Å²) in [4.78, 5) is 14.2. The van der Waals surface area contributed by atoms with Gasteiger partial charge in [0.2, 0.25) is 5.82 Å². The molecule has 2 aromatic heterocycles. The van der Waals surface area contributed by atoms with Gasteiger partial charge in [0.05, 0.1) is 11.2 Å². The largest absolute Gasteiger partial charge is 0.294 e. The van der Waals surface area contributed by atoms with Gasteiger partial charge in [-0.1, -0.05) is 11.6 Å². The van der Waals surface area contributed by atoms with E-state index in [0.29, 0.717) is 17.1 Å². The molecule has 0 fully saturated rings. The van der Waals surface area contributed by atoms with Gasteiger partial charge in [-0.15, -0.1) is 10.2 Å². The fourth-order valence-electron chi connectivity index (χ4n) is 0.863. The lowest BCUT2D eigenvalue weighted by Crippen LogP contribution is -1.92. The predicted molar refractivity (Wildman–Crippen MR) is 41.2 cm³/mol. The van der Waals surface area contributed by atoms with Gasteiger partial charge in [0.25, 0.3) is 5.78 Å². The van der Waals surface area contributed by atoms with Gasteiger partial charge < -0.3 is 0 Å².